The number of hydrazone groups is 1. The largest absolute Gasteiger partial charge is 0.490 e. The molecular weight excluding hydrogens is 586 g/mol. The maximum absolute atomic E-state index is 12.7. The van der Waals surface area contributed by atoms with Gasteiger partial charge in [0.2, 0.25) is 0 Å². The van der Waals surface area contributed by atoms with E-state index in [4.69, 9.17) is 14.2 Å². The van der Waals surface area contributed by atoms with Crippen molar-refractivity contribution in [2.75, 3.05) is 18.5 Å². The number of carbonyl (C=O) groups is 2. The average Bonchev–Trinajstić information content (AvgIpc) is 2.96. The van der Waals surface area contributed by atoms with Crippen molar-refractivity contribution < 1.29 is 23.8 Å². The standard InChI is InChI=1S/C32H30BrN3O5/c1-3-39-30-18-25(13-15-29(30)40-20-23-9-5-4-6-10-23)32(38)36-34-19-24-12-14-28(27(33)17-24)41-21-31(37)35-26-11-7-8-22(2)16-26/h4-19H,3,20-21H2,1-2H3,(H,35,37)(H,36,38)/b34-19+. The van der Waals surface area contributed by atoms with Gasteiger partial charge < -0.3 is 19.5 Å². The summed E-state index contributed by atoms with van der Waals surface area (Å²) in [6, 6.07) is 27.6. The molecule has 0 spiro atoms. The first-order valence-corrected chi connectivity index (χ1v) is 13.8. The Labute approximate surface area is 247 Å². The smallest absolute Gasteiger partial charge is 0.271 e. The van der Waals surface area contributed by atoms with E-state index < -0.39 is 5.91 Å². The van der Waals surface area contributed by atoms with Crippen LogP contribution < -0.4 is 25.0 Å². The Hall–Kier alpha value is -4.63. The summed E-state index contributed by atoms with van der Waals surface area (Å²) in [5.41, 5.74) is 6.42. The number of carbonyl (C=O) groups excluding carboxylic acids is 2. The highest BCUT2D eigenvalue weighted by atomic mass is 79.9. The number of rotatable bonds is 12. The number of aryl methyl sites for hydroxylation is 1. The zero-order valence-corrected chi connectivity index (χ0v) is 24.3. The Morgan fingerprint density at radius 1 is 0.854 bits per heavy atom. The van der Waals surface area contributed by atoms with E-state index in [9.17, 15) is 9.59 Å². The van der Waals surface area contributed by atoms with Gasteiger partial charge in [-0.25, -0.2) is 5.43 Å². The number of hydrogen-bond acceptors (Lipinski definition) is 6. The fourth-order valence-corrected chi connectivity index (χ4v) is 4.29. The van der Waals surface area contributed by atoms with Crippen LogP contribution in [-0.2, 0) is 11.4 Å². The van der Waals surface area contributed by atoms with Crippen LogP contribution in [0, 0.1) is 6.92 Å². The van der Waals surface area contributed by atoms with Crippen molar-refractivity contribution in [2.45, 2.75) is 20.5 Å². The molecular formula is C32H30BrN3O5. The molecule has 4 rings (SSSR count). The zero-order valence-electron chi connectivity index (χ0n) is 22.7. The van der Waals surface area contributed by atoms with Crippen LogP contribution in [0.3, 0.4) is 0 Å². The maximum Gasteiger partial charge on any atom is 0.271 e. The molecule has 2 amide bonds. The van der Waals surface area contributed by atoms with E-state index in [1.807, 2.05) is 68.4 Å². The van der Waals surface area contributed by atoms with Crippen LogP contribution in [0.15, 0.2) is 101 Å². The molecule has 4 aromatic carbocycles. The third-order valence-corrected chi connectivity index (χ3v) is 6.36. The predicted molar refractivity (Wildman–Crippen MR) is 163 cm³/mol. The summed E-state index contributed by atoms with van der Waals surface area (Å²) in [6.07, 6.45) is 1.51. The molecule has 0 aliphatic carbocycles. The third-order valence-electron chi connectivity index (χ3n) is 5.74. The molecule has 0 fully saturated rings. The summed E-state index contributed by atoms with van der Waals surface area (Å²) >= 11 is 3.46. The van der Waals surface area contributed by atoms with E-state index in [2.05, 4.69) is 31.8 Å². The van der Waals surface area contributed by atoms with E-state index in [1.54, 1.807) is 36.4 Å². The Morgan fingerprint density at radius 2 is 1.66 bits per heavy atom. The van der Waals surface area contributed by atoms with Crippen molar-refractivity contribution in [3.8, 4) is 17.2 Å². The van der Waals surface area contributed by atoms with Gasteiger partial charge in [-0.2, -0.15) is 5.10 Å². The van der Waals surface area contributed by atoms with Crippen molar-refractivity contribution >= 4 is 39.6 Å². The first-order chi connectivity index (χ1) is 19.9. The van der Waals surface area contributed by atoms with Crippen molar-refractivity contribution in [1.29, 1.82) is 0 Å². The number of amides is 2. The van der Waals surface area contributed by atoms with Crippen LogP contribution in [0.4, 0.5) is 5.69 Å². The van der Waals surface area contributed by atoms with Gasteiger partial charge in [-0.05, 0) is 95.0 Å². The van der Waals surface area contributed by atoms with Gasteiger partial charge in [0.05, 0.1) is 17.3 Å². The van der Waals surface area contributed by atoms with E-state index in [-0.39, 0.29) is 12.5 Å². The normalized spacial score (nSPS) is 10.7. The van der Waals surface area contributed by atoms with Crippen LogP contribution in [0.5, 0.6) is 17.2 Å². The highest BCUT2D eigenvalue weighted by Crippen LogP contribution is 2.29. The Balaban J connectivity index is 1.30. The van der Waals surface area contributed by atoms with E-state index in [1.165, 1.54) is 6.21 Å². The summed E-state index contributed by atoms with van der Waals surface area (Å²) in [6.45, 7) is 4.49. The Kier molecular flexibility index (Phi) is 10.5. The number of hydrogen-bond donors (Lipinski definition) is 2. The molecule has 210 valence electrons. The van der Waals surface area contributed by atoms with Crippen LogP contribution in [0.2, 0.25) is 0 Å². The lowest BCUT2D eigenvalue weighted by Crippen LogP contribution is -2.20. The molecule has 0 saturated heterocycles. The van der Waals surface area contributed by atoms with Crippen molar-refractivity contribution in [1.82, 2.24) is 5.43 Å². The molecule has 41 heavy (non-hydrogen) atoms. The predicted octanol–water partition coefficient (Wildman–Crippen LogP) is 6.52. The molecule has 9 heteroatoms. The summed E-state index contributed by atoms with van der Waals surface area (Å²) in [5.74, 6) is 0.876. The van der Waals surface area contributed by atoms with E-state index in [0.29, 0.717) is 51.7 Å². The minimum atomic E-state index is -0.393. The number of anilines is 1. The lowest BCUT2D eigenvalue weighted by molar-refractivity contribution is -0.118. The maximum atomic E-state index is 12.7. The van der Waals surface area contributed by atoms with Gasteiger partial charge in [-0.3, -0.25) is 9.59 Å². The van der Waals surface area contributed by atoms with Crippen LogP contribution in [-0.4, -0.2) is 31.2 Å². The first-order valence-electron chi connectivity index (χ1n) is 13.0. The summed E-state index contributed by atoms with van der Waals surface area (Å²) < 4.78 is 17.9. The van der Waals surface area contributed by atoms with Crippen LogP contribution >= 0.6 is 15.9 Å². The number of nitrogens with one attached hydrogen (secondary N) is 2. The molecule has 0 radical (unpaired) electrons. The minimum Gasteiger partial charge on any atom is -0.490 e. The molecule has 0 unspecified atom stereocenters. The first kappa shape index (κ1) is 29.4. The molecule has 2 N–H and O–H groups in total. The topological polar surface area (TPSA) is 98.3 Å². The SMILES string of the molecule is CCOc1cc(C(=O)N/N=C/c2ccc(OCC(=O)Nc3cccc(C)c3)c(Br)c2)ccc1OCc1ccccc1. The molecule has 0 aromatic heterocycles. The summed E-state index contributed by atoms with van der Waals surface area (Å²) in [5, 5.41) is 6.88. The molecule has 0 aliphatic heterocycles. The van der Waals surface area contributed by atoms with Crippen molar-refractivity contribution in [2.24, 2.45) is 5.10 Å². The minimum absolute atomic E-state index is 0.143. The quantitative estimate of drug-likeness (QED) is 0.140. The van der Waals surface area contributed by atoms with Crippen LogP contribution in [0.1, 0.15) is 34.0 Å². The third kappa shape index (κ3) is 8.94. The summed E-state index contributed by atoms with van der Waals surface area (Å²) in [4.78, 5) is 25.0. The van der Waals surface area contributed by atoms with Crippen LogP contribution in [0.25, 0.3) is 0 Å². The van der Waals surface area contributed by atoms with Crippen molar-refractivity contribution in [3.05, 3.63) is 118 Å². The van der Waals surface area contributed by atoms with Gasteiger partial charge in [-0.1, -0.05) is 42.5 Å². The van der Waals surface area contributed by atoms with Gasteiger partial charge in [-0.15, -0.1) is 0 Å². The summed E-state index contributed by atoms with van der Waals surface area (Å²) in [7, 11) is 0. The van der Waals surface area contributed by atoms with Gasteiger partial charge in [0.1, 0.15) is 12.4 Å². The lowest BCUT2D eigenvalue weighted by Gasteiger charge is -2.13. The second-order valence-corrected chi connectivity index (χ2v) is 9.82. The van der Waals surface area contributed by atoms with Crippen molar-refractivity contribution in [3.63, 3.8) is 0 Å². The van der Waals surface area contributed by atoms with Gasteiger partial charge >= 0.3 is 0 Å². The van der Waals surface area contributed by atoms with E-state index in [0.717, 1.165) is 11.1 Å². The number of benzene rings is 4. The molecule has 0 saturated carbocycles. The monoisotopic (exact) mass is 615 g/mol. The second kappa shape index (κ2) is 14.7. The number of nitrogens with zero attached hydrogens (tertiary/aromatic N) is 1. The molecule has 0 atom stereocenters. The fourth-order valence-electron chi connectivity index (χ4n) is 3.78. The van der Waals surface area contributed by atoms with Gasteiger partial charge in [0, 0.05) is 11.3 Å². The Bertz CT molecular complexity index is 1530. The van der Waals surface area contributed by atoms with E-state index >= 15 is 0 Å². The zero-order chi connectivity index (χ0) is 29.0. The lowest BCUT2D eigenvalue weighted by atomic mass is 10.2. The highest BCUT2D eigenvalue weighted by molar-refractivity contribution is 9.10. The fraction of sp³-hybridized carbons (Fsp3) is 0.156. The second-order valence-electron chi connectivity index (χ2n) is 8.96. The number of ether oxygens (including phenoxy) is 3. The molecule has 0 aliphatic rings. The highest BCUT2D eigenvalue weighted by Gasteiger charge is 2.12. The molecule has 8 nitrogen and oxygen atoms in total. The molecule has 0 bridgehead atoms. The number of halogens is 1. The molecule has 0 heterocycles. The van der Waals surface area contributed by atoms with Gasteiger partial charge in [0.25, 0.3) is 11.8 Å². The molecule has 4 aromatic rings. The Morgan fingerprint density at radius 3 is 2.41 bits per heavy atom. The van der Waals surface area contributed by atoms with Gasteiger partial charge in [0.15, 0.2) is 18.1 Å². The average molecular weight is 617 g/mol.